The van der Waals surface area contributed by atoms with Crippen molar-refractivity contribution in [3.63, 3.8) is 0 Å². The summed E-state index contributed by atoms with van der Waals surface area (Å²) in [4.78, 5) is 18.8. The number of pyridine rings is 1. The number of ether oxygens (including phenoxy) is 1. The molecule has 0 spiro atoms. The van der Waals surface area contributed by atoms with E-state index in [1.807, 2.05) is 43.5 Å². The number of carbonyl (C=O) groups excluding carboxylic acids is 1. The van der Waals surface area contributed by atoms with Gasteiger partial charge in [-0.25, -0.2) is 0 Å². The quantitative estimate of drug-likeness (QED) is 0.485. The molecule has 4 rings (SSSR count). The van der Waals surface area contributed by atoms with Crippen molar-refractivity contribution in [3.05, 3.63) is 76.9 Å². The molecule has 3 heterocycles. The first kappa shape index (κ1) is 23.9. The van der Waals surface area contributed by atoms with Gasteiger partial charge < -0.3 is 24.8 Å². The van der Waals surface area contributed by atoms with Gasteiger partial charge in [0.15, 0.2) is 5.11 Å². The first-order chi connectivity index (χ1) is 16.3. The van der Waals surface area contributed by atoms with E-state index in [0.717, 1.165) is 29.2 Å². The summed E-state index contributed by atoms with van der Waals surface area (Å²) in [6.07, 6.45) is 1.82. The van der Waals surface area contributed by atoms with Crippen LogP contribution in [0.2, 0.25) is 0 Å². The van der Waals surface area contributed by atoms with Gasteiger partial charge in [-0.2, -0.15) is 0 Å². The molecule has 34 heavy (non-hydrogen) atoms. The Labute approximate surface area is 206 Å². The molecule has 0 radical (unpaired) electrons. The Kier molecular flexibility index (Phi) is 7.00. The molecule has 8 heteroatoms. The molecular formula is C26H31N5O2S. The van der Waals surface area contributed by atoms with Gasteiger partial charge >= 0.3 is 0 Å². The van der Waals surface area contributed by atoms with E-state index >= 15 is 0 Å². The number of nitrogens with zero attached hydrogens (tertiary/aromatic N) is 3. The second-order valence-electron chi connectivity index (χ2n) is 8.55. The van der Waals surface area contributed by atoms with Crippen molar-refractivity contribution < 1.29 is 9.53 Å². The minimum atomic E-state index is -0.184. The minimum absolute atomic E-state index is 0.0161. The van der Waals surface area contributed by atoms with Crippen LogP contribution in [-0.2, 0) is 16.1 Å². The minimum Gasteiger partial charge on any atom is -0.375 e. The van der Waals surface area contributed by atoms with Crippen LogP contribution < -0.4 is 15.5 Å². The molecule has 2 N–H and O–H groups in total. The number of hydrogen-bond donors (Lipinski definition) is 2. The highest BCUT2D eigenvalue weighted by atomic mass is 32.1. The zero-order valence-corrected chi connectivity index (χ0v) is 21.1. The van der Waals surface area contributed by atoms with Crippen LogP contribution in [0, 0.1) is 20.8 Å². The molecule has 0 saturated carbocycles. The van der Waals surface area contributed by atoms with Crippen molar-refractivity contribution in [1.82, 2.24) is 14.9 Å². The molecule has 0 aliphatic carbocycles. The molecule has 1 amide bonds. The third-order valence-electron chi connectivity index (χ3n) is 6.38. The number of amides is 1. The summed E-state index contributed by atoms with van der Waals surface area (Å²) in [5.74, 6) is -0.184. The molecule has 1 fully saturated rings. The topological polar surface area (TPSA) is 71.4 Å². The Morgan fingerprint density at radius 1 is 1.21 bits per heavy atom. The third kappa shape index (κ3) is 4.43. The van der Waals surface area contributed by atoms with Gasteiger partial charge in [-0.15, -0.1) is 0 Å². The summed E-state index contributed by atoms with van der Waals surface area (Å²) in [6.45, 7) is 9.37. The molecule has 1 aliphatic rings. The maximum atomic E-state index is 12.0. The fourth-order valence-electron chi connectivity index (χ4n) is 4.82. The summed E-state index contributed by atoms with van der Waals surface area (Å²) < 4.78 is 7.25. The van der Waals surface area contributed by atoms with Crippen molar-refractivity contribution in [2.75, 3.05) is 23.9 Å². The molecule has 7 nitrogen and oxygen atoms in total. The summed E-state index contributed by atoms with van der Waals surface area (Å²) in [6, 6.07) is 14.0. The number of rotatable bonds is 7. The number of thiocarbonyl (C=S) groups is 1. The average Bonchev–Trinajstić information content (AvgIpc) is 3.30. The van der Waals surface area contributed by atoms with Gasteiger partial charge in [0, 0.05) is 42.6 Å². The van der Waals surface area contributed by atoms with Gasteiger partial charge in [-0.3, -0.25) is 9.78 Å². The van der Waals surface area contributed by atoms with E-state index in [9.17, 15) is 4.79 Å². The first-order valence-corrected chi connectivity index (χ1v) is 11.8. The molecule has 1 aromatic carbocycles. The van der Waals surface area contributed by atoms with Gasteiger partial charge in [0.25, 0.3) is 0 Å². The van der Waals surface area contributed by atoms with E-state index in [-0.39, 0.29) is 24.6 Å². The predicted molar refractivity (Wildman–Crippen MR) is 139 cm³/mol. The number of nitrogens with one attached hydrogen (secondary N) is 2. The van der Waals surface area contributed by atoms with E-state index in [1.165, 1.54) is 24.1 Å². The number of anilines is 2. The Morgan fingerprint density at radius 3 is 2.62 bits per heavy atom. The maximum absolute atomic E-state index is 12.0. The average molecular weight is 478 g/mol. The molecule has 178 valence electrons. The zero-order valence-electron chi connectivity index (χ0n) is 20.3. The van der Waals surface area contributed by atoms with Crippen molar-refractivity contribution in [2.45, 2.75) is 46.3 Å². The standard InChI is InChI=1S/C26H31N5O2S/c1-6-30-17(3)14-20(18(30)4)25-24(22-9-7-8-12-27-22)29-26(34)31(25)19-10-11-21(16(2)13-19)28-23(32)15-33-5/h7-14,24-25H,6,15H2,1-5H3,(H,28,32)(H,29,34)/t24-,25-/m1/s1. The number of methoxy groups -OCH3 is 1. The molecule has 3 aromatic rings. The van der Waals surface area contributed by atoms with Crippen LogP contribution in [0.3, 0.4) is 0 Å². The molecule has 1 saturated heterocycles. The second kappa shape index (κ2) is 9.95. The fourth-order valence-corrected chi connectivity index (χ4v) is 5.16. The Balaban J connectivity index is 1.78. The molecule has 2 aromatic heterocycles. The van der Waals surface area contributed by atoms with Crippen LogP contribution in [0.15, 0.2) is 48.7 Å². The van der Waals surface area contributed by atoms with Crippen LogP contribution >= 0.6 is 12.2 Å². The Bertz CT molecular complexity index is 1210. The SMILES string of the molecule is CCn1c(C)cc([C@@H]2[C@@H](c3ccccn3)NC(=S)N2c2ccc(NC(=O)COC)c(C)c2)c1C. The molecular weight excluding hydrogens is 446 g/mol. The van der Waals surface area contributed by atoms with Crippen LogP contribution in [0.1, 0.15) is 47.2 Å². The van der Waals surface area contributed by atoms with Gasteiger partial charge in [-0.05, 0) is 87.4 Å². The van der Waals surface area contributed by atoms with E-state index in [1.54, 1.807) is 0 Å². The van der Waals surface area contributed by atoms with E-state index in [4.69, 9.17) is 17.0 Å². The zero-order chi connectivity index (χ0) is 24.4. The summed E-state index contributed by atoms with van der Waals surface area (Å²) in [5.41, 5.74) is 7.28. The largest absolute Gasteiger partial charge is 0.375 e. The van der Waals surface area contributed by atoms with E-state index < -0.39 is 0 Å². The van der Waals surface area contributed by atoms with Gasteiger partial charge in [-0.1, -0.05) is 6.07 Å². The van der Waals surface area contributed by atoms with Crippen molar-refractivity contribution in [3.8, 4) is 0 Å². The normalized spacial score (nSPS) is 17.7. The van der Waals surface area contributed by atoms with Gasteiger partial charge in [0.2, 0.25) is 5.91 Å². The van der Waals surface area contributed by atoms with Crippen LogP contribution in [0.5, 0.6) is 0 Å². The summed E-state index contributed by atoms with van der Waals surface area (Å²) >= 11 is 5.86. The molecule has 2 atom stereocenters. The highest BCUT2D eigenvalue weighted by Gasteiger charge is 2.42. The number of aromatic nitrogens is 2. The Hall–Kier alpha value is -3.23. The van der Waals surface area contributed by atoms with Crippen molar-refractivity contribution in [1.29, 1.82) is 0 Å². The lowest BCUT2D eigenvalue weighted by Gasteiger charge is -2.29. The predicted octanol–water partition coefficient (Wildman–Crippen LogP) is 4.59. The number of benzene rings is 1. The lowest BCUT2D eigenvalue weighted by Crippen LogP contribution is -2.29. The summed E-state index contributed by atoms with van der Waals surface area (Å²) in [7, 11) is 1.50. The van der Waals surface area contributed by atoms with Gasteiger partial charge in [0.1, 0.15) is 6.61 Å². The highest BCUT2D eigenvalue weighted by molar-refractivity contribution is 7.80. The monoisotopic (exact) mass is 477 g/mol. The fraction of sp³-hybridized carbons (Fsp3) is 0.346. The molecule has 1 aliphatic heterocycles. The number of aryl methyl sites for hydroxylation is 2. The van der Waals surface area contributed by atoms with Gasteiger partial charge in [0.05, 0.1) is 17.8 Å². The van der Waals surface area contributed by atoms with Crippen LogP contribution in [-0.4, -0.2) is 34.3 Å². The Morgan fingerprint density at radius 2 is 2.00 bits per heavy atom. The van der Waals surface area contributed by atoms with Crippen molar-refractivity contribution >= 4 is 34.6 Å². The third-order valence-corrected chi connectivity index (χ3v) is 6.70. The first-order valence-electron chi connectivity index (χ1n) is 11.4. The van der Waals surface area contributed by atoms with Crippen molar-refractivity contribution in [2.24, 2.45) is 0 Å². The van der Waals surface area contributed by atoms with Crippen LogP contribution in [0.25, 0.3) is 0 Å². The summed E-state index contributed by atoms with van der Waals surface area (Å²) in [5, 5.41) is 7.08. The van der Waals surface area contributed by atoms with E-state index in [0.29, 0.717) is 5.11 Å². The van der Waals surface area contributed by atoms with E-state index in [2.05, 4.69) is 58.0 Å². The lowest BCUT2D eigenvalue weighted by molar-refractivity contribution is -0.119. The lowest BCUT2D eigenvalue weighted by atomic mass is 9.96. The van der Waals surface area contributed by atoms with Crippen LogP contribution in [0.4, 0.5) is 11.4 Å². The number of carbonyl (C=O) groups is 1. The second-order valence-corrected chi connectivity index (χ2v) is 8.93. The highest BCUT2D eigenvalue weighted by Crippen LogP contribution is 2.43. The maximum Gasteiger partial charge on any atom is 0.250 e. The molecule has 0 unspecified atom stereocenters. The number of hydrogen-bond acceptors (Lipinski definition) is 4. The molecule has 0 bridgehead atoms. The smallest absolute Gasteiger partial charge is 0.250 e.